The van der Waals surface area contributed by atoms with Gasteiger partial charge in [-0.15, -0.1) is 0 Å². The first-order valence-corrected chi connectivity index (χ1v) is 10.7. The normalized spacial score (nSPS) is 31.8. The van der Waals surface area contributed by atoms with Gasteiger partial charge in [0.25, 0.3) is 0 Å². The molecular formula is C21H38N2O3. The van der Waals surface area contributed by atoms with E-state index in [0.717, 1.165) is 57.5 Å². The molecule has 3 rings (SSSR count). The van der Waals surface area contributed by atoms with E-state index >= 15 is 0 Å². The Labute approximate surface area is 159 Å². The van der Waals surface area contributed by atoms with Crippen LogP contribution in [0.3, 0.4) is 0 Å². The van der Waals surface area contributed by atoms with Gasteiger partial charge in [-0.3, -0.25) is 9.69 Å². The Morgan fingerprint density at radius 1 is 1.00 bits per heavy atom. The van der Waals surface area contributed by atoms with Crippen LogP contribution in [-0.2, 0) is 9.53 Å². The van der Waals surface area contributed by atoms with E-state index in [0.29, 0.717) is 17.8 Å². The minimum Gasteiger partial charge on any atom is -0.381 e. The summed E-state index contributed by atoms with van der Waals surface area (Å²) in [5.74, 6) is 1.70. The van der Waals surface area contributed by atoms with Crippen molar-refractivity contribution in [2.75, 3.05) is 39.8 Å². The van der Waals surface area contributed by atoms with Gasteiger partial charge in [-0.2, -0.15) is 0 Å². The second-order valence-electron chi connectivity index (χ2n) is 8.85. The molecule has 1 atom stereocenters. The molecule has 1 aliphatic carbocycles. The van der Waals surface area contributed by atoms with E-state index < -0.39 is 0 Å². The molecule has 0 bridgehead atoms. The number of ketones is 1. The summed E-state index contributed by atoms with van der Waals surface area (Å²) in [6.45, 7) is 7.30. The van der Waals surface area contributed by atoms with Crippen molar-refractivity contribution in [3.8, 4) is 0 Å². The monoisotopic (exact) mass is 366 g/mol. The zero-order valence-electron chi connectivity index (χ0n) is 16.7. The first kappa shape index (κ1) is 20.2. The lowest BCUT2D eigenvalue weighted by Crippen LogP contribution is -2.48. The van der Waals surface area contributed by atoms with Gasteiger partial charge in [-0.25, -0.2) is 0 Å². The Balaban J connectivity index is 1.36. The van der Waals surface area contributed by atoms with Gasteiger partial charge in [-0.1, -0.05) is 0 Å². The molecule has 3 aliphatic rings. The third kappa shape index (κ3) is 5.28. The summed E-state index contributed by atoms with van der Waals surface area (Å²) in [6.07, 6.45) is 8.81. The molecule has 5 nitrogen and oxygen atoms in total. The minimum atomic E-state index is -0.304. The van der Waals surface area contributed by atoms with Gasteiger partial charge in [0.2, 0.25) is 0 Å². The van der Waals surface area contributed by atoms with Crippen LogP contribution in [0, 0.1) is 17.8 Å². The zero-order chi connectivity index (χ0) is 18.5. The molecular weight excluding hydrogens is 328 g/mol. The molecule has 0 spiro atoms. The number of nitrogens with zero attached hydrogens (tertiary/aromatic N) is 2. The largest absolute Gasteiger partial charge is 0.381 e. The maximum atomic E-state index is 11.5. The van der Waals surface area contributed by atoms with Crippen LogP contribution in [0.1, 0.15) is 58.3 Å². The lowest BCUT2D eigenvalue weighted by Gasteiger charge is -2.41. The smallest absolute Gasteiger partial charge is 0.132 e. The third-order valence-corrected chi connectivity index (χ3v) is 7.18. The van der Waals surface area contributed by atoms with Crippen molar-refractivity contribution < 1.29 is 14.6 Å². The van der Waals surface area contributed by atoms with Gasteiger partial charge in [0.05, 0.1) is 6.10 Å². The van der Waals surface area contributed by atoms with Crippen molar-refractivity contribution in [1.82, 2.24) is 9.80 Å². The van der Waals surface area contributed by atoms with Crippen molar-refractivity contribution in [3.63, 3.8) is 0 Å². The predicted molar refractivity (Wildman–Crippen MR) is 103 cm³/mol. The first-order chi connectivity index (χ1) is 12.6. The number of aliphatic hydroxyl groups excluding tert-OH is 1. The summed E-state index contributed by atoms with van der Waals surface area (Å²) < 4.78 is 5.47. The van der Waals surface area contributed by atoms with Gasteiger partial charge >= 0.3 is 0 Å². The van der Waals surface area contributed by atoms with E-state index in [2.05, 4.69) is 9.80 Å². The quantitative estimate of drug-likeness (QED) is 0.783. The highest BCUT2D eigenvalue weighted by atomic mass is 16.5. The second-order valence-corrected chi connectivity index (χ2v) is 8.85. The molecule has 1 N–H and O–H groups in total. The van der Waals surface area contributed by atoms with Gasteiger partial charge in [-0.05, 0) is 70.1 Å². The van der Waals surface area contributed by atoms with Crippen LogP contribution >= 0.6 is 0 Å². The van der Waals surface area contributed by atoms with E-state index in [-0.39, 0.29) is 12.1 Å². The lowest BCUT2D eigenvalue weighted by atomic mass is 9.79. The molecule has 2 saturated heterocycles. The number of Topliss-reactive ketones (excluding diaryl/α,β-unsaturated/α-hetero) is 1. The lowest BCUT2D eigenvalue weighted by molar-refractivity contribution is -0.123. The third-order valence-electron chi connectivity index (χ3n) is 7.18. The summed E-state index contributed by atoms with van der Waals surface area (Å²) in [6, 6.07) is 0. The molecule has 0 aromatic rings. The number of piperidine rings is 2. The summed E-state index contributed by atoms with van der Waals surface area (Å²) >= 11 is 0. The van der Waals surface area contributed by atoms with Gasteiger partial charge in [0.1, 0.15) is 12.0 Å². The number of hydrogen-bond donors (Lipinski definition) is 1. The van der Waals surface area contributed by atoms with Crippen LogP contribution < -0.4 is 0 Å². The van der Waals surface area contributed by atoms with E-state index in [1.165, 1.54) is 32.5 Å². The van der Waals surface area contributed by atoms with E-state index in [9.17, 15) is 9.90 Å². The number of rotatable bonds is 6. The van der Waals surface area contributed by atoms with Crippen LogP contribution in [0.2, 0.25) is 0 Å². The van der Waals surface area contributed by atoms with Crippen LogP contribution in [0.4, 0.5) is 0 Å². The molecule has 3 fully saturated rings. The average Bonchev–Trinajstić information content (AvgIpc) is 2.69. The molecule has 0 aromatic heterocycles. The second kappa shape index (κ2) is 9.63. The van der Waals surface area contributed by atoms with Gasteiger partial charge in [0, 0.05) is 45.8 Å². The average molecular weight is 367 g/mol. The Hall–Kier alpha value is -0.490. The van der Waals surface area contributed by atoms with E-state index in [4.69, 9.17) is 4.74 Å². The molecule has 2 heterocycles. The van der Waals surface area contributed by atoms with E-state index in [1.54, 1.807) is 6.92 Å². The van der Waals surface area contributed by atoms with Crippen molar-refractivity contribution in [2.24, 2.45) is 17.8 Å². The van der Waals surface area contributed by atoms with Gasteiger partial charge in [0.15, 0.2) is 0 Å². The zero-order valence-corrected chi connectivity index (χ0v) is 16.7. The van der Waals surface area contributed by atoms with Crippen molar-refractivity contribution in [1.29, 1.82) is 0 Å². The SMILES string of the molecule is COC1CCN(CC2CCN(C(O)C3CCC(C(C)=O)CC3)CC2)CC1. The maximum Gasteiger partial charge on any atom is 0.132 e. The Morgan fingerprint density at radius 2 is 1.62 bits per heavy atom. The standard InChI is InChI=1S/C21H38N2O3/c1-16(24)18-3-5-19(6-4-18)21(25)23-13-7-17(8-14-23)15-22-11-9-20(26-2)10-12-22/h17-21,25H,3-15H2,1-2H3. The summed E-state index contributed by atoms with van der Waals surface area (Å²) in [5.41, 5.74) is 0. The molecule has 0 amide bonds. The summed E-state index contributed by atoms with van der Waals surface area (Å²) in [7, 11) is 1.83. The molecule has 0 aromatic carbocycles. The molecule has 1 unspecified atom stereocenters. The van der Waals surface area contributed by atoms with Crippen LogP contribution in [0.15, 0.2) is 0 Å². The molecule has 150 valence electrons. The predicted octanol–water partition coefficient (Wildman–Crippen LogP) is 2.52. The van der Waals surface area contributed by atoms with Crippen LogP contribution in [0.25, 0.3) is 0 Å². The fourth-order valence-electron chi connectivity index (χ4n) is 5.21. The molecule has 2 aliphatic heterocycles. The summed E-state index contributed by atoms with van der Waals surface area (Å²) in [4.78, 5) is 16.4. The molecule has 1 saturated carbocycles. The molecule has 5 heteroatoms. The van der Waals surface area contributed by atoms with Crippen molar-refractivity contribution in [3.05, 3.63) is 0 Å². The van der Waals surface area contributed by atoms with Crippen molar-refractivity contribution in [2.45, 2.75) is 70.6 Å². The minimum absolute atomic E-state index is 0.242. The highest BCUT2D eigenvalue weighted by Gasteiger charge is 2.33. The Bertz CT molecular complexity index is 435. The number of likely N-dealkylation sites (tertiary alicyclic amines) is 2. The maximum absolute atomic E-state index is 11.5. The fraction of sp³-hybridized carbons (Fsp3) is 0.952. The highest BCUT2D eigenvalue weighted by molar-refractivity contribution is 5.78. The number of methoxy groups -OCH3 is 1. The highest BCUT2D eigenvalue weighted by Crippen LogP contribution is 2.33. The van der Waals surface area contributed by atoms with Crippen LogP contribution in [-0.4, -0.2) is 72.9 Å². The Morgan fingerprint density at radius 3 is 2.15 bits per heavy atom. The van der Waals surface area contributed by atoms with Gasteiger partial charge < -0.3 is 14.7 Å². The number of carbonyl (C=O) groups is 1. The molecule has 0 radical (unpaired) electrons. The van der Waals surface area contributed by atoms with Crippen molar-refractivity contribution >= 4 is 5.78 Å². The Kier molecular flexibility index (Phi) is 7.50. The topological polar surface area (TPSA) is 53.0 Å². The van der Waals surface area contributed by atoms with E-state index in [1.807, 2.05) is 7.11 Å². The summed E-state index contributed by atoms with van der Waals surface area (Å²) in [5, 5.41) is 10.8. The number of hydrogen-bond acceptors (Lipinski definition) is 5. The number of ether oxygens (including phenoxy) is 1. The van der Waals surface area contributed by atoms with Crippen LogP contribution in [0.5, 0.6) is 0 Å². The molecule has 26 heavy (non-hydrogen) atoms. The first-order valence-electron chi connectivity index (χ1n) is 10.7. The fourth-order valence-corrected chi connectivity index (χ4v) is 5.21. The number of carbonyl (C=O) groups excluding carboxylic acids is 1. The number of aliphatic hydroxyl groups is 1.